The van der Waals surface area contributed by atoms with Crippen molar-refractivity contribution < 1.29 is 13.2 Å². The number of nitrogens with zero attached hydrogens (tertiary/aromatic N) is 3. The van der Waals surface area contributed by atoms with Crippen LogP contribution in [0, 0.1) is 5.92 Å². The number of aromatic nitrogens is 2. The second kappa shape index (κ2) is 5.07. The monoisotopic (exact) mass is 311 g/mol. The highest BCUT2D eigenvalue weighted by Crippen LogP contribution is 2.34. The maximum Gasteiger partial charge on any atom is 0.217 e. The molecule has 4 rings (SSSR count). The van der Waals surface area contributed by atoms with Crippen LogP contribution in [0.25, 0.3) is 0 Å². The fourth-order valence-corrected chi connectivity index (χ4v) is 4.76. The van der Waals surface area contributed by atoms with Crippen LogP contribution in [0.3, 0.4) is 0 Å². The summed E-state index contributed by atoms with van der Waals surface area (Å²) < 4.78 is 34.4. The van der Waals surface area contributed by atoms with Crippen molar-refractivity contribution >= 4 is 10.0 Å². The Balaban J connectivity index is 1.49. The van der Waals surface area contributed by atoms with Crippen LogP contribution < -0.4 is 0 Å². The van der Waals surface area contributed by atoms with Gasteiger partial charge >= 0.3 is 0 Å². The highest BCUT2D eigenvalue weighted by molar-refractivity contribution is 7.90. The smallest absolute Gasteiger partial charge is 0.217 e. The SMILES string of the molecule is O=S(=O)(C1CC1)N1Cc2cncn2[C@@H](COCC2CC2)C1. The predicted octanol–water partition coefficient (Wildman–Crippen LogP) is 1.16. The molecule has 0 saturated heterocycles. The lowest BCUT2D eigenvalue weighted by Crippen LogP contribution is -2.43. The Labute approximate surface area is 125 Å². The number of hydrogen-bond donors (Lipinski definition) is 0. The van der Waals surface area contributed by atoms with Crippen molar-refractivity contribution in [3.8, 4) is 0 Å². The van der Waals surface area contributed by atoms with Gasteiger partial charge in [-0.15, -0.1) is 0 Å². The standard InChI is InChI=1S/C14H21N3O3S/c18-21(19,14-3-4-14)16-6-12-5-15-10-17(12)13(7-16)9-20-8-11-1-2-11/h5,10-11,13-14H,1-4,6-9H2/t13-/m1/s1. The molecule has 0 N–H and O–H groups in total. The first-order valence-electron chi connectivity index (χ1n) is 7.72. The highest BCUT2D eigenvalue weighted by atomic mass is 32.2. The zero-order valence-electron chi connectivity index (χ0n) is 12.0. The lowest BCUT2D eigenvalue weighted by molar-refractivity contribution is 0.0793. The van der Waals surface area contributed by atoms with Crippen molar-refractivity contribution in [3.05, 3.63) is 18.2 Å². The molecule has 0 radical (unpaired) electrons. The van der Waals surface area contributed by atoms with Gasteiger partial charge in [0.25, 0.3) is 0 Å². The molecule has 1 aromatic rings. The molecule has 1 aromatic heterocycles. The number of imidazole rings is 1. The van der Waals surface area contributed by atoms with Crippen LogP contribution in [0.5, 0.6) is 0 Å². The summed E-state index contributed by atoms with van der Waals surface area (Å²) in [4.78, 5) is 4.17. The summed E-state index contributed by atoms with van der Waals surface area (Å²) in [5, 5.41) is -0.153. The molecule has 0 spiro atoms. The van der Waals surface area contributed by atoms with Crippen LogP contribution in [-0.4, -0.2) is 47.3 Å². The van der Waals surface area contributed by atoms with E-state index in [9.17, 15) is 8.42 Å². The number of sulfonamides is 1. The molecule has 1 aliphatic heterocycles. The van der Waals surface area contributed by atoms with Crippen molar-refractivity contribution in [2.24, 2.45) is 5.92 Å². The Morgan fingerprint density at radius 1 is 1.24 bits per heavy atom. The van der Waals surface area contributed by atoms with Crippen molar-refractivity contribution in [1.29, 1.82) is 0 Å². The van der Waals surface area contributed by atoms with Gasteiger partial charge in [-0.25, -0.2) is 13.4 Å². The summed E-state index contributed by atoms with van der Waals surface area (Å²) in [5.41, 5.74) is 0.963. The molecular formula is C14H21N3O3S. The molecule has 0 unspecified atom stereocenters. The third kappa shape index (κ3) is 2.74. The van der Waals surface area contributed by atoms with Crippen LogP contribution >= 0.6 is 0 Å². The molecule has 1 atom stereocenters. The van der Waals surface area contributed by atoms with E-state index in [0.717, 1.165) is 31.1 Å². The Bertz CT molecular complexity index is 619. The van der Waals surface area contributed by atoms with Crippen molar-refractivity contribution in [2.75, 3.05) is 19.8 Å². The van der Waals surface area contributed by atoms with Crippen molar-refractivity contribution in [1.82, 2.24) is 13.9 Å². The fraction of sp³-hybridized carbons (Fsp3) is 0.786. The number of hydrogen-bond acceptors (Lipinski definition) is 4. The molecule has 2 saturated carbocycles. The van der Waals surface area contributed by atoms with Crippen molar-refractivity contribution in [3.63, 3.8) is 0 Å². The summed E-state index contributed by atoms with van der Waals surface area (Å²) in [6.07, 6.45) is 7.71. The Hall–Kier alpha value is -0.920. The van der Waals surface area contributed by atoms with Gasteiger partial charge in [0.15, 0.2) is 0 Å². The Morgan fingerprint density at radius 3 is 2.76 bits per heavy atom. The molecular weight excluding hydrogens is 290 g/mol. The third-order valence-corrected chi connectivity index (χ3v) is 6.87. The first kappa shape index (κ1) is 13.7. The van der Waals surface area contributed by atoms with E-state index >= 15 is 0 Å². The minimum absolute atomic E-state index is 0.0449. The lowest BCUT2D eigenvalue weighted by Gasteiger charge is -2.33. The third-order valence-electron chi connectivity index (χ3n) is 4.56. The molecule has 0 amide bonds. The van der Waals surface area contributed by atoms with Gasteiger partial charge in [-0.3, -0.25) is 0 Å². The molecule has 2 heterocycles. The summed E-state index contributed by atoms with van der Waals surface area (Å²) in [7, 11) is -3.13. The molecule has 6 nitrogen and oxygen atoms in total. The van der Waals surface area contributed by atoms with Gasteiger partial charge in [-0.1, -0.05) is 0 Å². The topological polar surface area (TPSA) is 64.4 Å². The van der Waals surface area contributed by atoms with E-state index in [1.165, 1.54) is 12.8 Å². The van der Waals surface area contributed by atoms with Gasteiger partial charge < -0.3 is 9.30 Å². The molecule has 0 bridgehead atoms. The zero-order valence-corrected chi connectivity index (χ0v) is 12.8. The van der Waals surface area contributed by atoms with Gasteiger partial charge in [0.2, 0.25) is 10.0 Å². The number of fused-ring (bicyclic) bond motifs is 1. The zero-order chi connectivity index (χ0) is 14.4. The first-order valence-corrected chi connectivity index (χ1v) is 9.22. The van der Waals surface area contributed by atoms with E-state index in [1.807, 2.05) is 0 Å². The Kier molecular flexibility index (Phi) is 3.31. The molecule has 2 aliphatic carbocycles. The summed E-state index contributed by atoms with van der Waals surface area (Å²) in [5.74, 6) is 0.724. The summed E-state index contributed by atoms with van der Waals surface area (Å²) >= 11 is 0. The van der Waals surface area contributed by atoms with Gasteiger partial charge in [-0.2, -0.15) is 4.31 Å². The van der Waals surface area contributed by atoms with Crippen LogP contribution in [0.15, 0.2) is 12.5 Å². The second-order valence-electron chi connectivity index (χ2n) is 6.46. The minimum atomic E-state index is -3.13. The van der Waals surface area contributed by atoms with Gasteiger partial charge in [0, 0.05) is 19.3 Å². The molecule has 2 fully saturated rings. The maximum atomic E-state index is 12.5. The van der Waals surface area contributed by atoms with E-state index in [2.05, 4.69) is 9.55 Å². The Morgan fingerprint density at radius 2 is 2.05 bits per heavy atom. The van der Waals surface area contributed by atoms with Crippen LogP contribution in [0.2, 0.25) is 0 Å². The van der Waals surface area contributed by atoms with Gasteiger partial charge in [0.05, 0.1) is 36.5 Å². The molecule has 0 aromatic carbocycles. The predicted molar refractivity (Wildman–Crippen MR) is 77.2 cm³/mol. The van der Waals surface area contributed by atoms with E-state index in [-0.39, 0.29) is 11.3 Å². The largest absolute Gasteiger partial charge is 0.379 e. The number of rotatable bonds is 6. The molecule has 21 heavy (non-hydrogen) atoms. The van der Waals surface area contributed by atoms with Crippen molar-refractivity contribution in [2.45, 2.75) is 43.5 Å². The molecule has 116 valence electrons. The second-order valence-corrected chi connectivity index (χ2v) is 8.68. The van der Waals surface area contributed by atoms with Crippen LogP contribution in [-0.2, 0) is 21.3 Å². The number of ether oxygens (including phenoxy) is 1. The average molecular weight is 311 g/mol. The summed E-state index contributed by atoms with van der Waals surface area (Å²) in [6, 6.07) is 0.0449. The van der Waals surface area contributed by atoms with E-state index in [0.29, 0.717) is 19.7 Å². The van der Waals surface area contributed by atoms with Crippen LogP contribution in [0.1, 0.15) is 37.4 Å². The summed E-state index contributed by atoms with van der Waals surface area (Å²) in [6.45, 7) is 2.32. The first-order chi connectivity index (χ1) is 10.1. The molecule has 7 heteroatoms. The minimum Gasteiger partial charge on any atom is -0.379 e. The van der Waals surface area contributed by atoms with E-state index in [1.54, 1.807) is 16.8 Å². The van der Waals surface area contributed by atoms with Gasteiger partial charge in [-0.05, 0) is 31.6 Å². The normalized spacial score (nSPS) is 26.8. The van der Waals surface area contributed by atoms with Crippen LogP contribution in [0.4, 0.5) is 0 Å². The van der Waals surface area contributed by atoms with Gasteiger partial charge in [0.1, 0.15) is 0 Å². The fourth-order valence-electron chi connectivity index (χ4n) is 2.91. The maximum absolute atomic E-state index is 12.5. The highest BCUT2D eigenvalue weighted by Gasteiger charge is 2.42. The van der Waals surface area contributed by atoms with E-state index in [4.69, 9.17) is 4.74 Å². The van der Waals surface area contributed by atoms with E-state index < -0.39 is 10.0 Å². The molecule has 3 aliphatic rings. The lowest BCUT2D eigenvalue weighted by atomic mass is 10.2. The average Bonchev–Trinajstić information content (AvgIpc) is 3.36. The quantitative estimate of drug-likeness (QED) is 0.791.